The van der Waals surface area contributed by atoms with Crippen LogP contribution < -0.4 is 0 Å². The number of carbonyl (C=O) groups is 1. The fourth-order valence-electron chi connectivity index (χ4n) is 2.14. The topological polar surface area (TPSA) is 64.2 Å². The third kappa shape index (κ3) is 3.33. The van der Waals surface area contributed by atoms with Gasteiger partial charge in [-0.2, -0.15) is 0 Å². The molecule has 0 spiro atoms. The summed E-state index contributed by atoms with van der Waals surface area (Å²) in [6.07, 6.45) is 8.33. The summed E-state index contributed by atoms with van der Waals surface area (Å²) >= 11 is 0. The predicted molar refractivity (Wildman–Crippen MR) is 83.6 cm³/mol. The first-order valence-corrected chi connectivity index (χ1v) is 7.11. The van der Waals surface area contributed by atoms with Gasteiger partial charge in [0, 0.05) is 0 Å². The number of benzene rings is 1. The number of carbonyl (C=O) groups excluding carboxylic acids is 1. The van der Waals surface area contributed by atoms with Gasteiger partial charge < -0.3 is 9.32 Å². The number of nitrogens with zero attached hydrogens (tertiary/aromatic N) is 4. The number of amides is 1. The Morgan fingerprint density at radius 3 is 2.79 bits per heavy atom. The van der Waals surface area contributed by atoms with Crippen molar-refractivity contribution in [3.63, 3.8) is 0 Å². The molecule has 0 atom stereocenters. The van der Waals surface area contributed by atoms with E-state index in [0.29, 0.717) is 11.4 Å². The minimum atomic E-state index is -0.363. The lowest BCUT2D eigenvalue weighted by Gasteiger charge is -2.17. The molecule has 6 nitrogen and oxygen atoms in total. The second-order valence-electron chi connectivity index (χ2n) is 4.97. The van der Waals surface area contributed by atoms with Gasteiger partial charge in [-0.15, -0.1) is 11.5 Å². The maximum Gasteiger partial charge on any atom is 0.277 e. The fraction of sp³-hybridized carbons (Fsp3) is 0.118. The van der Waals surface area contributed by atoms with Crippen molar-refractivity contribution in [3.8, 4) is 18.0 Å². The Morgan fingerprint density at radius 2 is 2.12 bits per heavy atom. The molecule has 0 bridgehead atoms. The molecular weight excluding hydrogens is 311 g/mol. The Morgan fingerprint density at radius 1 is 1.33 bits per heavy atom. The summed E-state index contributed by atoms with van der Waals surface area (Å²) in [5.41, 5.74) is 0.735. The number of furan rings is 1. The summed E-state index contributed by atoms with van der Waals surface area (Å²) in [5, 5.41) is 7.77. The van der Waals surface area contributed by atoms with Gasteiger partial charge in [-0.3, -0.25) is 4.79 Å². The molecule has 0 aliphatic heterocycles. The van der Waals surface area contributed by atoms with E-state index >= 15 is 0 Å². The molecule has 24 heavy (non-hydrogen) atoms. The molecule has 0 saturated carbocycles. The van der Waals surface area contributed by atoms with Crippen molar-refractivity contribution in [1.29, 1.82) is 0 Å². The number of terminal acetylenes is 1. The first kappa shape index (κ1) is 15.5. The Hall–Kier alpha value is -3.40. The summed E-state index contributed by atoms with van der Waals surface area (Å²) in [6.45, 7) is 0.350. The molecule has 1 amide bonds. The zero-order valence-corrected chi connectivity index (χ0v) is 12.6. The van der Waals surface area contributed by atoms with Crippen molar-refractivity contribution >= 4 is 5.91 Å². The highest BCUT2D eigenvalue weighted by Gasteiger charge is 2.20. The zero-order chi connectivity index (χ0) is 16.9. The Bertz CT molecular complexity index is 863. The van der Waals surface area contributed by atoms with Crippen LogP contribution in [0.4, 0.5) is 4.39 Å². The van der Waals surface area contributed by atoms with Crippen LogP contribution in [0.1, 0.15) is 16.2 Å². The summed E-state index contributed by atoms with van der Waals surface area (Å²) < 4.78 is 19.6. The Kier molecular flexibility index (Phi) is 4.38. The molecule has 0 aliphatic carbocycles. The monoisotopic (exact) mass is 324 g/mol. The molecule has 3 aromatic rings. The maximum absolute atomic E-state index is 13.0. The summed E-state index contributed by atoms with van der Waals surface area (Å²) in [6, 6.07) is 9.19. The predicted octanol–water partition coefficient (Wildman–Crippen LogP) is 2.28. The summed E-state index contributed by atoms with van der Waals surface area (Å²) in [7, 11) is 0. The van der Waals surface area contributed by atoms with Crippen LogP contribution in [0.15, 0.2) is 53.3 Å². The minimum Gasteiger partial charge on any atom is -0.467 e. The molecule has 0 aliphatic rings. The quantitative estimate of drug-likeness (QED) is 0.676. The van der Waals surface area contributed by atoms with Crippen molar-refractivity contribution in [2.45, 2.75) is 6.54 Å². The fourth-order valence-corrected chi connectivity index (χ4v) is 2.14. The highest BCUT2D eigenvalue weighted by molar-refractivity contribution is 5.92. The molecule has 2 heterocycles. The molecule has 0 saturated heterocycles. The number of aromatic nitrogens is 3. The van der Waals surface area contributed by atoms with Crippen molar-refractivity contribution < 1.29 is 13.6 Å². The van der Waals surface area contributed by atoms with Crippen LogP contribution in [0, 0.1) is 18.2 Å². The van der Waals surface area contributed by atoms with Crippen molar-refractivity contribution in [2.24, 2.45) is 0 Å². The minimum absolute atomic E-state index is 0.114. The largest absolute Gasteiger partial charge is 0.467 e. The van der Waals surface area contributed by atoms with Gasteiger partial charge in [0.05, 0.1) is 31.2 Å². The number of hydrogen-bond acceptors (Lipinski definition) is 4. The van der Waals surface area contributed by atoms with Gasteiger partial charge in [0.2, 0.25) is 0 Å². The van der Waals surface area contributed by atoms with E-state index in [1.165, 1.54) is 34.2 Å². The van der Waals surface area contributed by atoms with E-state index in [9.17, 15) is 9.18 Å². The van der Waals surface area contributed by atoms with E-state index in [2.05, 4.69) is 16.2 Å². The van der Waals surface area contributed by atoms with Gasteiger partial charge in [-0.1, -0.05) is 11.1 Å². The van der Waals surface area contributed by atoms with E-state index in [1.807, 2.05) is 0 Å². The second-order valence-corrected chi connectivity index (χ2v) is 4.97. The molecule has 0 N–H and O–H groups in total. The SMILES string of the molecule is C#CCN(Cc1ccco1)C(=O)c1cn(-c2ccc(F)cc2)nn1. The first-order valence-electron chi connectivity index (χ1n) is 7.11. The molecule has 0 fully saturated rings. The van der Waals surface area contributed by atoms with Gasteiger partial charge >= 0.3 is 0 Å². The molecular formula is C17H13FN4O2. The maximum atomic E-state index is 13.0. The number of halogens is 1. The van der Waals surface area contributed by atoms with E-state index in [0.717, 1.165) is 0 Å². The lowest BCUT2D eigenvalue weighted by molar-refractivity contribution is 0.0749. The van der Waals surface area contributed by atoms with Crippen LogP contribution in [0.5, 0.6) is 0 Å². The van der Waals surface area contributed by atoms with Crippen LogP contribution in [0.3, 0.4) is 0 Å². The Labute approximate surface area is 137 Å². The molecule has 120 valence electrons. The molecule has 0 unspecified atom stereocenters. The molecule has 0 radical (unpaired) electrons. The van der Waals surface area contributed by atoms with Gasteiger partial charge in [0.1, 0.15) is 11.6 Å². The lowest BCUT2D eigenvalue weighted by atomic mass is 10.3. The van der Waals surface area contributed by atoms with Crippen molar-refractivity contribution in [3.05, 3.63) is 66.1 Å². The van der Waals surface area contributed by atoms with Crippen LogP contribution in [0.2, 0.25) is 0 Å². The normalized spacial score (nSPS) is 10.3. The van der Waals surface area contributed by atoms with Gasteiger partial charge in [-0.05, 0) is 36.4 Å². The standard InChI is InChI=1S/C17H13FN4O2/c1-2-9-21(11-15-4-3-10-24-15)17(23)16-12-22(20-19-16)14-7-5-13(18)6-8-14/h1,3-8,10,12H,9,11H2. The van der Waals surface area contributed by atoms with Gasteiger partial charge in [-0.25, -0.2) is 9.07 Å². The van der Waals surface area contributed by atoms with Gasteiger partial charge in [0.15, 0.2) is 5.69 Å². The van der Waals surface area contributed by atoms with E-state index in [4.69, 9.17) is 10.8 Å². The molecule has 2 aromatic heterocycles. The van der Waals surface area contributed by atoms with Crippen LogP contribution >= 0.6 is 0 Å². The Balaban J connectivity index is 1.80. The average Bonchev–Trinajstić information content (AvgIpc) is 3.26. The van der Waals surface area contributed by atoms with E-state index < -0.39 is 0 Å². The third-order valence-electron chi connectivity index (χ3n) is 3.30. The molecule has 3 rings (SSSR count). The van der Waals surface area contributed by atoms with Crippen LogP contribution in [-0.4, -0.2) is 32.3 Å². The molecule has 7 heteroatoms. The third-order valence-corrected chi connectivity index (χ3v) is 3.30. The van der Waals surface area contributed by atoms with Crippen LogP contribution in [0.25, 0.3) is 5.69 Å². The average molecular weight is 324 g/mol. The van der Waals surface area contributed by atoms with Crippen molar-refractivity contribution in [2.75, 3.05) is 6.54 Å². The second kappa shape index (κ2) is 6.79. The van der Waals surface area contributed by atoms with Crippen molar-refractivity contribution in [1.82, 2.24) is 19.9 Å². The van der Waals surface area contributed by atoms with Crippen LogP contribution in [-0.2, 0) is 6.54 Å². The zero-order valence-electron chi connectivity index (χ0n) is 12.6. The summed E-state index contributed by atoms with van der Waals surface area (Å²) in [4.78, 5) is 14.0. The first-order chi connectivity index (χ1) is 11.7. The summed E-state index contributed by atoms with van der Waals surface area (Å²) in [5.74, 6) is 2.34. The molecule has 1 aromatic carbocycles. The number of hydrogen-bond donors (Lipinski definition) is 0. The lowest BCUT2D eigenvalue weighted by Crippen LogP contribution is -2.31. The van der Waals surface area contributed by atoms with Gasteiger partial charge in [0.25, 0.3) is 5.91 Å². The van der Waals surface area contributed by atoms with E-state index in [1.54, 1.807) is 24.3 Å². The van der Waals surface area contributed by atoms with E-state index in [-0.39, 0.29) is 30.5 Å². The number of rotatable bonds is 5. The highest BCUT2D eigenvalue weighted by atomic mass is 19.1. The smallest absolute Gasteiger partial charge is 0.277 e. The highest BCUT2D eigenvalue weighted by Crippen LogP contribution is 2.11.